The number of ether oxygens (including phenoxy) is 1. The van der Waals surface area contributed by atoms with Gasteiger partial charge in [0, 0.05) is 19.1 Å². The summed E-state index contributed by atoms with van der Waals surface area (Å²) in [5.41, 5.74) is 7.38. The summed E-state index contributed by atoms with van der Waals surface area (Å²) >= 11 is 0. The molecular weight excluding hydrogens is 224 g/mol. The Morgan fingerprint density at radius 2 is 2.06 bits per heavy atom. The Balaban J connectivity index is 2.45. The summed E-state index contributed by atoms with van der Waals surface area (Å²) in [4.78, 5) is 2.27. The minimum absolute atomic E-state index is 0.251. The van der Waals surface area contributed by atoms with Crippen LogP contribution < -0.4 is 10.5 Å². The lowest BCUT2D eigenvalue weighted by Gasteiger charge is -2.22. The summed E-state index contributed by atoms with van der Waals surface area (Å²) in [7, 11) is 3.81. The maximum atomic E-state index is 6.12. The average molecular weight is 250 g/mol. The van der Waals surface area contributed by atoms with E-state index in [0.29, 0.717) is 5.92 Å². The molecule has 0 heterocycles. The molecular formula is C15H26N2O. The molecule has 0 saturated carbocycles. The second kappa shape index (κ2) is 7.39. The molecule has 1 atom stereocenters. The van der Waals surface area contributed by atoms with E-state index in [-0.39, 0.29) is 6.04 Å². The molecule has 0 saturated heterocycles. The molecule has 0 aliphatic heterocycles. The van der Waals surface area contributed by atoms with Gasteiger partial charge in [-0.3, -0.25) is 0 Å². The summed E-state index contributed by atoms with van der Waals surface area (Å²) in [5.74, 6) is 1.57. The third-order valence-corrected chi connectivity index (χ3v) is 2.91. The van der Waals surface area contributed by atoms with E-state index in [0.717, 1.165) is 25.3 Å². The average Bonchev–Trinajstić information content (AvgIpc) is 2.27. The van der Waals surface area contributed by atoms with E-state index in [1.54, 1.807) is 7.11 Å². The third-order valence-electron chi connectivity index (χ3n) is 2.91. The van der Waals surface area contributed by atoms with Gasteiger partial charge in [-0.2, -0.15) is 0 Å². The number of rotatable bonds is 7. The maximum absolute atomic E-state index is 6.12. The standard InChI is InChI=1S/C15H26N2O/c1-12(2)8-14(16)11-17(3)10-13-6-5-7-15(9-13)18-4/h5-7,9,12,14H,8,10-11,16H2,1-4H3. The first-order chi connectivity index (χ1) is 8.51. The first-order valence-corrected chi connectivity index (χ1v) is 6.58. The van der Waals surface area contributed by atoms with Crippen molar-refractivity contribution in [2.45, 2.75) is 32.9 Å². The number of nitrogens with zero attached hydrogens (tertiary/aromatic N) is 1. The highest BCUT2D eigenvalue weighted by Gasteiger charge is 2.09. The first kappa shape index (κ1) is 15.0. The van der Waals surface area contributed by atoms with E-state index in [2.05, 4.69) is 37.9 Å². The van der Waals surface area contributed by atoms with Crippen LogP contribution >= 0.6 is 0 Å². The number of nitrogens with two attached hydrogens (primary N) is 1. The van der Waals surface area contributed by atoms with Crippen LogP contribution in [-0.2, 0) is 6.54 Å². The fourth-order valence-electron chi connectivity index (χ4n) is 2.23. The van der Waals surface area contributed by atoms with Crippen LogP contribution in [0.2, 0.25) is 0 Å². The van der Waals surface area contributed by atoms with Crippen molar-refractivity contribution in [1.82, 2.24) is 4.90 Å². The van der Waals surface area contributed by atoms with Crippen LogP contribution in [0.3, 0.4) is 0 Å². The lowest BCUT2D eigenvalue weighted by atomic mass is 10.0. The van der Waals surface area contributed by atoms with Gasteiger partial charge in [0.15, 0.2) is 0 Å². The van der Waals surface area contributed by atoms with E-state index >= 15 is 0 Å². The SMILES string of the molecule is COc1cccc(CN(C)CC(N)CC(C)C)c1. The Morgan fingerprint density at radius 1 is 1.33 bits per heavy atom. The summed E-state index contributed by atoms with van der Waals surface area (Å²) in [6.45, 7) is 6.25. The Bertz CT molecular complexity index is 352. The van der Waals surface area contributed by atoms with Gasteiger partial charge < -0.3 is 15.4 Å². The largest absolute Gasteiger partial charge is 0.497 e. The van der Waals surface area contributed by atoms with Crippen LogP contribution in [-0.4, -0.2) is 31.6 Å². The molecule has 0 aromatic heterocycles. The second-order valence-corrected chi connectivity index (χ2v) is 5.44. The van der Waals surface area contributed by atoms with Gasteiger partial charge in [-0.1, -0.05) is 26.0 Å². The zero-order chi connectivity index (χ0) is 13.5. The molecule has 1 rings (SSSR count). The Kier molecular flexibility index (Phi) is 6.16. The molecule has 0 amide bonds. The predicted octanol–water partition coefficient (Wildman–Crippen LogP) is 2.50. The molecule has 18 heavy (non-hydrogen) atoms. The molecule has 1 aromatic rings. The molecule has 102 valence electrons. The highest BCUT2D eigenvalue weighted by Crippen LogP contribution is 2.14. The topological polar surface area (TPSA) is 38.5 Å². The molecule has 0 aliphatic carbocycles. The van der Waals surface area contributed by atoms with Gasteiger partial charge in [0.2, 0.25) is 0 Å². The van der Waals surface area contributed by atoms with E-state index < -0.39 is 0 Å². The van der Waals surface area contributed by atoms with Crippen LogP contribution in [0.25, 0.3) is 0 Å². The van der Waals surface area contributed by atoms with E-state index in [1.165, 1.54) is 5.56 Å². The number of hydrogen-bond donors (Lipinski definition) is 1. The highest BCUT2D eigenvalue weighted by molar-refractivity contribution is 5.28. The van der Waals surface area contributed by atoms with E-state index in [4.69, 9.17) is 10.5 Å². The van der Waals surface area contributed by atoms with Crippen LogP contribution in [0.1, 0.15) is 25.8 Å². The zero-order valence-corrected chi connectivity index (χ0v) is 12.0. The molecule has 2 N–H and O–H groups in total. The summed E-state index contributed by atoms with van der Waals surface area (Å²) in [5, 5.41) is 0. The zero-order valence-electron chi connectivity index (χ0n) is 12.0. The predicted molar refractivity (Wildman–Crippen MR) is 76.8 cm³/mol. The quantitative estimate of drug-likeness (QED) is 0.808. The van der Waals surface area contributed by atoms with Crippen molar-refractivity contribution in [3.63, 3.8) is 0 Å². The molecule has 0 spiro atoms. The van der Waals surface area contributed by atoms with Crippen LogP contribution in [0.4, 0.5) is 0 Å². The van der Waals surface area contributed by atoms with Crippen molar-refractivity contribution in [3.05, 3.63) is 29.8 Å². The molecule has 3 nitrogen and oxygen atoms in total. The Morgan fingerprint density at radius 3 is 2.67 bits per heavy atom. The molecule has 1 aromatic carbocycles. The normalized spacial score (nSPS) is 13.1. The minimum Gasteiger partial charge on any atom is -0.497 e. The molecule has 0 aliphatic rings. The Hall–Kier alpha value is -1.06. The van der Waals surface area contributed by atoms with Crippen molar-refractivity contribution in [2.75, 3.05) is 20.7 Å². The second-order valence-electron chi connectivity index (χ2n) is 5.44. The number of likely N-dealkylation sites (N-methyl/N-ethyl adjacent to an activating group) is 1. The molecule has 3 heteroatoms. The van der Waals surface area contributed by atoms with E-state index in [1.807, 2.05) is 12.1 Å². The number of hydrogen-bond acceptors (Lipinski definition) is 3. The van der Waals surface area contributed by atoms with Crippen LogP contribution in [0.5, 0.6) is 5.75 Å². The molecule has 0 fully saturated rings. The number of methoxy groups -OCH3 is 1. The van der Waals surface area contributed by atoms with Crippen molar-refractivity contribution < 1.29 is 4.74 Å². The minimum atomic E-state index is 0.251. The summed E-state index contributed by atoms with van der Waals surface area (Å²) in [6.07, 6.45) is 1.07. The van der Waals surface area contributed by atoms with Gasteiger partial charge in [0.1, 0.15) is 5.75 Å². The fraction of sp³-hybridized carbons (Fsp3) is 0.600. The molecule has 0 bridgehead atoms. The smallest absolute Gasteiger partial charge is 0.119 e. The van der Waals surface area contributed by atoms with Crippen molar-refractivity contribution in [2.24, 2.45) is 11.7 Å². The maximum Gasteiger partial charge on any atom is 0.119 e. The van der Waals surface area contributed by atoms with Gasteiger partial charge in [0.25, 0.3) is 0 Å². The summed E-state index contributed by atoms with van der Waals surface area (Å²) in [6, 6.07) is 8.43. The molecule has 0 radical (unpaired) electrons. The third kappa shape index (κ3) is 5.52. The van der Waals surface area contributed by atoms with Crippen molar-refractivity contribution in [1.29, 1.82) is 0 Å². The van der Waals surface area contributed by atoms with Crippen LogP contribution in [0, 0.1) is 5.92 Å². The van der Waals surface area contributed by atoms with Crippen molar-refractivity contribution >= 4 is 0 Å². The first-order valence-electron chi connectivity index (χ1n) is 6.58. The monoisotopic (exact) mass is 250 g/mol. The van der Waals surface area contributed by atoms with E-state index in [9.17, 15) is 0 Å². The molecule has 1 unspecified atom stereocenters. The lowest BCUT2D eigenvalue weighted by molar-refractivity contribution is 0.286. The Labute approximate surface area is 111 Å². The van der Waals surface area contributed by atoms with Gasteiger partial charge in [0.05, 0.1) is 7.11 Å². The fourth-order valence-corrected chi connectivity index (χ4v) is 2.23. The van der Waals surface area contributed by atoms with Gasteiger partial charge >= 0.3 is 0 Å². The highest BCUT2D eigenvalue weighted by atomic mass is 16.5. The van der Waals surface area contributed by atoms with Crippen LogP contribution in [0.15, 0.2) is 24.3 Å². The lowest BCUT2D eigenvalue weighted by Crippen LogP contribution is -2.35. The van der Waals surface area contributed by atoms with Crippen molar-refractivity contribution in [3.8, 4) is 5.75 Å². The van der Waals surface area contributed by atoms with Gasteiger partial charge in [-0.05, 0) is 37.1 Å². The van der Waals surface area contributed by atoms with Gasteiger partial charge in [-0.15, -0.1) is 0 Å². The van der Waals surface area contributed by atoms with Gasteiger partial charge in [-0.25, -0.2) is 0 Å². The summed E-state index contributed by atoms with van der Waals surface area (Å²) < 4.78 is 5.23. The number of benzene rings is 1.